The van der Waals surface area contributed by atoms with Crippen molar-refractivity contribution >= 4 is 0 Å². The van der Waals surface area contributed by atoms with E-state index in [1.165, 1.54) is 11.1 Å². The van der Waals surface area contributed by atoms with E-state index in [1.54, 1.807) is 0 Å². The molecule has 0 fully saturated rings. The van der Waals surface area contributed by atoms with E-state index in [0.717, 1.165) is 19.5 Å². The molecule has 0 amide bonds. The fraction of sp³-hybridized carbons (Fsp3) is 0.600. The molecule has 0 aliphatic carbocycles. The average Bonchev–Trinajstić information content (AvgIpc) is 2.30. The number of hydrogen-bond donors (Lipinski definition) is 2. The normalized spacial score (nSPS) is 13.0. The van der Waals surface area contributed by atoms with Crippen molar-refractivity contribution in [2.24, 2.45) is 11.8 Å². The fourth-order valence-corrected chi connectivity index (χ4v) is 1.79. The first kappa shape index (κ1) is 14.2. The summed E-state index contributed by atoms with van der Waals surface area (Å²) in [6.07, 6.45) is 1.15. The molecule has 0 spiro atoms. The third-order valence-electron chi connectivity index (χ3n) is 2.80. The van der Waals surface area contributed by atoms with Crippen LogP contribution >= 0.6 is 0 Å². The zero-order valence-electron chi connectivity index (χ0n) is 11.2. The van der Waals surface area contributed by atoms with Gasteiger partial charge in [0.05, 0.1) is 0 Å². The summed E-state index contributed by atoms with van der Waals surface area (Å²) in [6, 6.07) is 8.81. The van der Waals surface area contributed by atoms with Crippen molar-refractivity contribution in [1.82, 2.24) is 5.32 Å². The Morgan fingerprint density at radius 1 is 1.06 bits per heavy atom. The summed E-state index contributed by atoms with van der Waals surface area (Å²) >= 11 is 0. The predicted octanol–water partition coefficient (Wildman–Crippen LogP) is 2.60. The van der Waals surface area contributed by atoms with Crippen molar-refractivity contribution < 1.29 is 5.11 Å². The number of rotatable bonds is 7. The molecule has 96 valence electrons. The number of nitrogens with one attached hydrogen (secondary N) is 1. The standard InChI is InChI=1S/C15H25NO/c1-12(2)8-14-4-6-15(7-5-14)10-16-9-13(3)11-17/h4-7,12-13,16-17H,8-11H2,1-3H3. The van der Waals surface area contributed by atoms with Gasteiger partial charge in [-0.25, -0.2) is 0 Å². The highest BCUT2D eigenvalue weighted by molar-refractivity contribution is 5.22. The van der Waals surface area contributed by atoms with Gasteiger partial charge in [-0.15, -0.1) is 0 Å². The highest BCUT2D eigenvalue weighted by Crippen LogP contribution is 2.09. The summed E-state index contributed by atoms with van der Waals surface area (Å²) in [6.45, 7) is 8.52. The van der Waals surface area contributed by atoms with E-state index in [-0.39, 0.29) is 6.61 Å². The molecular formula is C15H25NO. The monoisotopic (exact) mass is 235 g/mol. The summed E-state index contributed by atoms with van der Waals surface area (Å²) in [5.41, 5.74) is 2.72. The van der Waals surface area contributed by atoms with E-state index in [1.807, 2.05) is 6.92 Å². The van der Waals surface area contributed by atoms with Crippen LogP contribution in [0.1, 0.15) is 31.9 Å². The summed E-state index contributed by atoms with van der Waals surface area (Å²) in [5, 5.41) is 12.3. The second kappa shape index (κ2) is 7.46. The SMILES string of the molecule is CC(C)Cc1ccc(CNCC(C)CO)cc1. The minimum absolute atomic E-state index is 0.250. The van der Waals surface area contributed by atoms with Gasteiger partial charge in [0.25, 0.3) is 0 Å². The van der Waals surface area contributed by atoms with E-state index in [2.05, 4.69) is 43.4 Å². The molecule has 0 saturated carbocycles. The van der Waals surface area contributed by atoms with Crippen LogP contribution in [0.2, 0.25) is 0 Å². The minimum atomic E-state index is 0.250. The zero-order valence-corrected chi connectivity index (χ0v) is 11.2. The second-order valence-electron chi connectivity index (χ2n) is 5.33. The van der Waals surface area contributed by atoms with E-state index >= 15 is 0 Å². The van der Waals surface area contributed by atoms with Gasteiger partial charge in [-0.3, -0.25) is 0 Å². The zero-order chi connectivity index (χ0) is 12.7. The fourth-order valence-electron chi connectivity index (χ4n) is 1.79. The number of aliphatic hydroxyl groups is 1. The highest BCUT2D eigenvalue weighted by Gasteiger charge is 2.00. The van der Waals surface area contributed by atoms with Crippen LogP contribution in [-0.2, 0) is 13.0 Å². The molecule has 0 aromatic heterocycles. The molecule has 0 aliphatic rings. The van der Waals surface area contributed by atoms with Crippen LogP contribution in [0.5, 0.6) is 0 Å². The van der Waals surface area contributed by atoms with Crippen LogP contribution in [-0.4, -0.2) is 18.3 Å². The summed E-state index contributed by atoms with van der Waals surface area (Å²) in [4.78, 5) is 0. The van der Waals surface area contributed by atoms with Crippen LogP contribution in [0.3, 0.4) is 0 Å². The molecule has 17 heavy (non-hydrogen) atoms. The van der Waals surface area contributed by atoms with Crippen molar-refractivity contribution in [2.45, 2.75) is 33.7 Å². The van der Waals surface area contributed by atoms with Gasteiger partial charge in [-0.2, -0.15) is 0 Å². The van der Waals surface area contributed by atoms with Gasteiger partial charge in [0.1, 0.15) is 0 Å². The Labute approximate surface area is 105 Å². The molecule has 2 N–H and O–H groups in total. The molecule has 1 aromatic carbocycles. The third-order valence-corrected chi connectivity index (χ3v) is 2.80. The van der Waals surface area contributed by atoms with Gasteiger partial charge >= 0.3 is 0 Å². The Hall–Kier alpha value is -0.860. The Bertz CT molecular complexity index is 305. The molecule has 0 heterocycles. The van der Waals surface area contributed by atoms with Crippen molar-refractivity contribution in [2.75, 3.05) is 13.2 Å². The quantitative estimate of drug-likeness (QED) is 0.761. The lowest BCUT2D eigenvalue weighted by atomic mass is 10.0. The van der Waals surface area contributed by atoms with E-state index in [0.29, 0.717) is 11.8 Å². The van der Waals surface area contributed by atoms with Gasteiger partial charge in [-0.1, -0.05) is 45.0 Å². The van der Waals surface area contributed by atoms with Crippen LogP contribution in [0, 0.1) is 11.8 Å². The largest absolute Gasteiger partial charge is 0.396 e. The van der Waals surface area contributed by atoms with Gasteiger partial charge in [-0.05, 0) is 29.4 Å². The van der Waals surface area contributed by atoms with Crippen LogP contribution in [0.15, 0.2) is 24.3 Å². The highest BCUT2D eigenvalue weighted by atomic mass is 16.3. The Kier molecular flexibility index (Phi) is 6.23. The van der Waals surface area contributed by atoms with Crippen LogP contribution in [0.4, 0.5) is 0 Å². The lowest BCUT2D eigenvalue weighted by Gasteiger charge is -2.10. The second-order valence-corrected chi connectivity index (χ2v) is 5.33. The molecular weight excluding hydrogens is 210 g/mol. The van der Waals surface area contributed by atoms with Crippen molar-refractivity contribution in [3.8, 4) is 0 Å². The molecule has 1 unspecified atom stereocenters. The van der Waals surface area contributed by atoms with Crippen molar-refractivity contribution in [3.05, 3.63) is 35.4 Å². The Balaban J connectivity index is 2.35. The minimum Gasteiger partial charge on any atom is -0.396 e. The molecule has 1 rings (SSSR count). The smallest absolute Gasteiger partial charge is 0.0468 e. The van der Waals surface area contributed by atoms with Crippen molar-refractivity contribution in [1.29, 1.82) is 0 Å². The Morgan fingerprint density at radius 2 is 1.65 bits per heavy atom. The number of benzene rings is 1. The average molecular weight is 235 g/mol. The van der Waals surface area contributed by atoms with Gasteiger partial charge in [0.15, 0.2) is 0 Å². The van der Waals surface area contributed by atoms with E-state index in [4.69, 9.17) is 5.11 Å². The summed E-state index contributed by atoms with van der Waals surface area (Å²) in [5.74, 6) is 1.04. The maximum atomic E-state index is 8.91. The molecule has 1 atom stereocenters. The van der Waals surface area contributed by atoms with Gasteiger partial charge in [0, 0.05) is 19.7 Å². The number of hydrogen-bond acceptors (Lipinski definition) is 2. The number of aliphatic hydroxyl groups excluding tert-OH is 1. The third kappa shape index (κ3) is 5.85. The molecule has 1 aromatic rings. The lowest BCUT2D eigenvalue weighted by Crippen LogP contribution is -2.22. The van der Waals surface area contributed by atoms with Gasteiger partial charge in [0.2, 0.25) is 0 Å². The molecule has 2 nitrogen and oxygen atoms in total. The topological polar surface area (TPSA) is 32.3 Å². The molecule has 0 radical (unpaired) electrons. The van der Waals surface area contributed by atoms with Crippen molar-refractivity contribution in [3.63, 3.8) is 0 Å². The maximum Gasteiger partial charge on any atom is 0.0468 e. The van der Waals surface area contributed by atoms with E-state index in [9.17, 15) is 0 Å². The van der Waals surface area contributed by atoms with Crippen LogP contribution < -0.4 is 5.32 Å². The molecule has 2 heteroatoms. The first-order valence-corrected chi connectivity index (χ1v) is 6.51. The summed E-state index contributed by atoms with van der Waals surface area (Å²) < 4.78 is 0. The van der Waals surface area contributed by atoms with Gasteiger partial charge < -0.3 is 10.4 Å². The first-order chi connectivity index (χ1) is 8.11. The molecule has 0 aliphatic heterocycles. The lowest BCUT2D eigenvalue weighted by molar-refractivity contribution is 0.233. The maximum absolute atomic E-state index is 8.91. The Morgan fingerprint density at radius 3 is 2.18 bits per heavy atom. The van der Waals surface area contributed by atoms with E-state index < -0.39 is 0 Å². The summed E-state index contributed by atoms with van der Waals surface area (Å²) in [7, 11) is 0. The van der Waals surface area contributed by atoms with Crippen LogP contribution in [0.25, 0.3) is 0 Å². The first-order valence-electron chi connectivity index (χ1n) is 6.51. The molecule has 0 bridgehead atoms. The molecule has 0 saturated heterocycles. The predicted molar refractivity (Wildman–Crippen MR) is 72.9 cm³/mol.